The van der Waals surface area contributed by atoms with Crippen molar-refractivity contribution in [2.24, 2.45) is 11.8 Å². The molecule has 2 atom stereocenters. The topological polar surface area (TPSA) is 96.3 Å². The fourth-order valence-electron chi connectivity index (χ4n) is 4.69. The second-order valence-electron chi connectivity index (χ2n) is 8.75. The van der Waals surface area contributed by atoms with Crippen LogP contribution in [-0.4, -0.2) is 51.4 Å². The summed E-state index contributed by atoms with van der Waals surface area (Å²) in [4.78, 5) is 41.5. The van der Waals surface area contributed by atoms with Crippen molar-refractivity contribution >= 4 is 28.9 Å². The van der Waals surface area contributed by atoms with Gasteiger partial charge in [-0.2, -0.15) is 13.2 Å². The molecule has 11 heteroatoms. The van der Waals surface area contributed by atoms with Gasteiger partial charge in [-0.05, 0) is 44.2 Å². The smallest absolute Gasteiger partial charge is 0.343 e. The molecule has 2 fully saturated rings. The number of para-hydroxylation sites is 2. The lowest BCUT2D eigenvalue weighted by molar-refractivity contribution is -0.147. The van der Waals surface area contributed by atoms with E-state index in [9.17, 15) is 27.6 Å². The average Bonchev–Trinajstić information content (AvgIpc) is 3.12. The molecule has 0 aliphatic carbocycles. The van der Waals surface area contributed by atoms with E-state index in [1.807, 2.05) is 0 Å². The molecule has 0 radical (unpaired) electrons. The summed E-state index contributed by atoms with van der Waals surface area (Å²) < 4.78 is 41.9. The number of piperidine rings is 1. The summed E-state index contributed by atoms with van der Waals surface area (Å²) in [5, 5.41) is 4.85. The Morgan fingerprint density at radius 2 is 1.88 bits per heavy atom. The number of nitrogens with zero attached hydrogens (tertiary/aromatic N) is 3. The Kier molecular flexibility index (Phi) is 6.31. The second-order valence-corrected chi connectivity index (χ2v) is 8.75. The number of imidazole rings is 1. The van der Waals surface area contributed by atoms with Crippen molar-refractivity contribution in [1.82, 2.24) is 25.1 Å². The quantitative estimate of drug-likeness (QED) is 0.710. The van der Waals surface area contributed by atoms with E-state index in [0.29, 0.717) is 43.4 Å². The van der Waals surface area contributed by atoms with Crippen LogP contribution in [-0.2, 0) is 22.3 Å². The standard InChI is InChI=1S/C22H26F3N5O3/c1-13-15(19(32)28-21(33)26-13)6-7-18(31)29-10-8-14(9-11-29)12-30-17-5-3-2-4-16(17)27-20(30)22(23,24)25/h2-5,13-15H,6-12H2,1H3,(H2,26,28,32,33). The molecule has 178 valence electrons. The zero-order valence-electron chi connectivity index (χ0n) is 18.2. The van der Waals surface area contributed by atoms with Gasteiger partial charge in [0.05, 0.1) is 17.0 Å². The number of imide groups is 1. The van der Waals surface area contributed by atoms with Gasteiger partial charge in [0.15, 0.2) is 0 Å². The highest BCUT2D eigenvalue weighted by Crippen LogP contribution is 2.33. The Bertz CT molecular complexity index is 1060. The summed E-state index contributed by atoms with van der Waals surface area (Å²) in [5.74, 6) is -1.85. The van der Waals surface area contributed by atoms with Gasteiger partial charge in [0, 0.05) is 32.1 Å². The number of hydrogen-bond donors (Lipinski definition) is 2. The fourth-order valence-corrected chi connectivity index (χ4v) is 4.69. The molecule has 2 aliphatic rings. The van der Waals surface area contributed by atoms with Crippen LogP contribution in [0.15, 0.2) is 24.3 Å². The van der Waals surface area contributed by atoms with Crippen molar-refractivity contribution in [3.05, 3.63) is 30.1 Å². The van der Waals surface area contributed by atoms with Crippen molar-refractivity contribution in [3.63, 3.8) is 0 Å². The number of urea groups is 1. The summed E-state index contributed by atoms with van der Waals surface area (Å²) in [5.41, 5.74) is 0.768. The molecule has 8 nitrogen and oxygen atoms in total. The van der Waals surface area contributed by atoms with Crippen LogP contribution in [0.25, 0.3) is 11.0 Å². The number of amides is 4. The lowest BCUT2D eigenvalue weighted by atomic mass is 9.92. The summed E-state index contributed by atoms with van der Waals surface area (Å²) in [6.07, 6.45) is -2.87. The van der Waals surface area contributed by atoms with Crippen LogP contribution in [0.1, 0.15) is 38.4 Å². The molecular formula is C22H26F3N5O3. The van der Waals surface area contributed by atoms with E-state index in [4.69, 9.17) is 0 Å². The maximum Gasteiger partial charge on any atom is 0.449 e. The third kappa shape index (κ3) is 4.96. The zero-order valence-corrected chi connectivity index (χ0v) is 18.2. The van der Waals surface area contributed by atoms with Gasteiger partial charge in [-0.15, -0.1) is 0 Å². The molecule has 4 rings (SSSR count). The molecule has 33 heavy (non-hydrogen) atoms. The molecule has 4 amide bonds. The normalized spacial score (nSPS) is 22.4. The number of carbonyl (C=O) groups is 3. The van der Waals surface area contributed by atoms with Crippen LogP contribution in [0.3, 0.4) is 0 Å². The largest absolute Gasteiger partial charge is 0.449 e. The van der Waals surface area contributed by atoms with Gasteiger partial charge >= 0.3 is 12.2 Å². The third-order valence-electron chi connectivity index (χ3n) is 6.52. The summed E-state index contributed by atoms with van der Waals surface area (Å²) >= 11 is 0. The van der Waals surface area contributed by atoms with Crippen LogP contribution in [0.4, 0.5) is 18.0 Å². The highest BCUT2D eigenvalue weighted by atomic mass is 19.4. The first-order valence-electron chi connectivity index (χ1n) is 11.0. The molecule has 2 aromatic rings. The van der Waals surface area contributed by atoms with Gasteiger partial charge in [-0.1, -0.05) is 12.1 Å². The first-order valence-corrected chi connectivity index (χ1v) is 11.0. The van der Waals surface area contributed by atoms with Gasteiger partial charge in [0.1, 0.15) is 0 Å². The number of carbonyl (C=O) groups excluding carboxylic acids is 3. The zero-order chi connectivity index (χ0) is 23.8. The number of likely N-dealkylation sites (tertiary alicyclic amines) is 1. The first-order chi connectivity index (χ1) is 15.6. The van der Waals surface area contributed by atoms with Gasteiger partial charge in [0.25, 0.3) is 0 Å². The molecule has 2 aliphatic heterocycles. The molecule has 2 N–H and O–H groups in total. The minimum atomic E-state index is -4.54. The van der Waals surface area contributed by atoms with Gasteiger partial charge in [0.2, 0.25) is 17.6 Å². The molecule has 2 unspecified atom stereocenters. The number of nitrogens with one attached hydrogen (secondary N) is 2. The van der Waals surface area contributed by atoms with Gasteiger partial charge < -0.3 is 14.8 Å². The number of fused-ring (bicyclic) bond motifs is 1. The Morgan fingerprint density at radius 1 is 1.18 bits per heavy atom. The van der Waals surface area contributed by atoms with E-state index in [1.165, 1.54) is 4.57 Å². The Balaban J connectivity index is 1.34. The van der Waals surface area contributed by atoms with E-state index in [-0.39, 0.29) is 36.7 Å². The average molecular weight is 465 g/mol. The monoisotopic (exact) mass is 465 g/mol. The maximum atomic E-state index is 13.5. The van der Waals surface area contributed by atoms with Crippen molar-refractivity contribution in [2.75, 3.05) is 13.1 Å². The first kappa shape index (κ1) is 23.1. The van der Waals surface area contributed by atoms with Crippen LogP contribution < -0.4 is 10.6 Å². The number of benzene rings is 1. The van der Waals surface area contributed by atoms with E-state index in [2.05, 4.69) is 15.6 Å². The van der Waals surface area contributed by atoms with Gasteiger partial charge in [-0.25, -0.2) is 9.78 Å². The maximum absolute atomic E-state index is 13.5. The van der Waals surface area contributed by atoms with Crippen molar-refractivity contribution in [2.45, 2.75) is 51.4 Å². The summed E-state index contributed by atoms with van der Waals surface area (Å²) in [7, 11) is 0. The highest BCUT2D eigenvalue weighted by molar-refractivity contribution is 5.98. The van der Waals surface area contributed by atoms with Crippen LogP contribution in [0.2, 0.25) is 0 Å². The van der Waals surface area contributed by atoms with Crippen molar-refractivity contribution in [3.8, 4) is 0 Å². The molecule has 0 saturated carbocycles. The Labute approximate surface area is 188 Å². The Morgan fingerprint density at radius 3 is 2.55 bits per heavy atom. The SMILES string of the molecule is CC1NC(=O)NC(=O)C1CCC(=O)N1CCC(Cn2c(C(F)(F)F)nc3ccccc32)CC1. The molecular weight excluding hydrogens is 439 g/mol. The Hall–Kier alpha value is -3.11. The molecule has 1 aromatic carbocycles. The number of aromatic nitrogens is 2. The van der Waals surface area contributed by atoms with E-state index in [1.54, 1.807) is 36.1 Å². The number of alkyl halides is 3. The predicted molar refractivity (Wildman–Crippen MR) is 113 cm³/mol. The summed E-state index contributed by atoms with van der Waals surface area (Å²) in [6.45, 7) is 2.84. The third-order valence-corrected chi connectivity index (χ3v) is 6.52. The molecule has 0 bridgehead atoms. The highest BCUT2D eigenvalue weighted by Gasteiger charge is 2.38. The van der Waals surface area contributed by atoms with Crippen molar-refractivity contribution in [1.29, 1.82) is 0 Å². The van der Waals surface area contributed by atoms with Crippen LogP contribution >= 0.6 is 0 Å². The minimum absolute atomic E-state index is 0.00730. The van der Waals surface area contributed by atoms with Crippen molar-refractivity contribution < 1.29 is 27.6 Å². The predicted octanol–water partition coefficient (Wildman–Crippen LogP) is 2.92. The molecule has 2 saturated heterocycles. The number of halogens is 3. The molecule has 0 spiro atoms. The molecule has 1 aromatic heterocycles. The van der Waals surface area contributed by atoms with E-state index < -0.39 is 23.9 Å². The minimum Gasteiger partial charge on any atom is -0.343 e. The van der Waals surface area contributed by atoms with Gasteiger partial charge in [-0.3, -0.25) is 14.9 Å². The fraction of sp³-hybridized carbons (Fsp3) is 0.545. The van der Waals surface area contributed by atoms with Crippen LogP contribution in [0.5, 0.6) is 0 Å². The number of hydrogen-bond acceptors (Lipinski definition) is 4. The lowest BCUT2D eigenvalue weighted by Gasteiger charge is -2.33. The van der Waals surface area contributed by atoms with E-state index >= 15 is 0 Å². The van der Waals surface area contributed by atoms with E-state index in [0.717, 1.165) is 0 Å². The second kappa shape index (κ2) is 9.03. The number of rotatable bonds is 5. The summed E-state index contributed by atoms with van der Waals surface area (Å²) in [6, 6.07) is 5.69. The lowest BCUT2D eigenvalue weighted by Crippen LogP contribution is -2.57. The van der Waals surface area contributed by atoms with Crippen LogP contribution in [0, 0.1) is 11.8 Å². The molecule has 3 heterocycles.